The molecule has 2 saturated heterocycles. The van der Waals surface area contributed by atoms with Gasteiger partial charge in [-0.1, -0.05) is 19.1 Å². The Balaban J connectivity index is 1.20. The summed E-state index contributed by atoms with van der Waals surface area (Å²) in [4.78, 5) is 35.2. The van der Waals surface area contributed by atoms with Gasteiger partial charge >= 0.3 is 0 Å². The lowest BCUT2D eigenvalue weighted by Crippen LogP contribution is -2.49. The van der Waals surface area contributed by atoms with Gasteiger partial charge in [0.1, 0.15) is 11.6 Å². The fourth-order valence-corrected chi connectivity index (χ4v) is 5.94. The van der Waals surface area contributed by atoms with E-state index in [-0.39, 0.29) is 5.91 Å². The van der Waals surface area contributed by atoms with Crippen LogP contribution >= 0.6 is 0 Å². The van der Waals surface area contributed by atoms with E-state index >= 15 is 0 Å². The first-order chi connectivity index (χ1) is 17.6. The Kier molecular flexibility index (Phi) is 7.82. The van der Waals surface area contributed by atoms with Crippen LogP contribution in [0.15, 0.2) is 49.1 Å². The number of rotatable bonds is 9. The zero-order valence-corrected chi connectivity index (χ0v) is 21.5. The van der Waals surface area contributed by atoms with Gasteiger partial charge in [0.15, 0.2) is 0 Å². The van der Waals surface area contributed by atoms with Gasteiger partial charge in [-0.25, -0.2) is 9.97 Å². The van der Waals surface area contributed by atoms with E-state index < -0.39 is 0 Å². The van der Waals surface area contributed by atoms with Gasteiger partial charge in [-0.3, -0.25) is 9.69 Å². The maximum Gasteiger partial charge on any atom is 0.254 e. The van der Waals surface area contributed by atoms with Crippen LogP contribution in [0.4, 0.5) is 0 Å². The van der Waals surface area contributed by atoms with Gasteiger partial charge in [-0.05, 0) is 81.4 Å². The van der Waals surface area contributed by atoms with Crippen molar-refractivity contribution in [1.29, 1.82) is 0 Å². The number of carbonyl (C=O) groups is 1. The molecule has 1 spiro atoms. The molecule has 1 aromatic carbocycles. The first-order valence-electron chi connectivity index (χ1n) is 13.4. The molecule has 2 aliphatic rings. The molecule has 0 unspecified atom stereocenters. The highest BCUT2D eigenvalue weighted by Crippen LogP contribution is 2.40. The van der Waals surface area contributed by atoms with Crippen molar-refractivity contribution in [2.24, 2.45) is 5.41 Å². The van der Waals surface area contributed by atoms with Gasteiger partial charge in [-0.2, -0.15) is 0 Å². The topological polar surface area (TPSA) is 84.2 Å². The summed E-state index contributed by atoms with van der Waals surface area (Å²) < 4.78 is 0. The summed E-state index contributed by atoms with van der Waals surface area (Å²) in [5.74, 6) is 1.49. The fraction of sp³-hybridized carbons (Fsp3) is 0.536. The molecule has 36 heavy (non-hydrogen) atoms. The maximum absolute atomic E-state index is 13.4. The average Bonchev–Trinajstić information content (AvgIpc) is 3.60. The Labute approximate surface area is 214 Å². The third-order valence-electron chi connectivity index (χ3n) is 7.88. The molecule has 4 heterocycles. The van der Waals surface area contributed by atoms with Crippen LogP contribution in [0.1, 0.15) is 66.6 Å². The van der Waals surface area contributed by atoms with E-state index in [0.29, 0.717) is 24.1 Å². The standard InChI is InChI=1S/C28H39N7O/c1-2-15-33-17-9-28(10-18-33)8-3-16-34(22-28)19-23-4-6-24(7-5-23)27(36)35(20-25-29-11-12-30-25)21-26-31-13-14-32-26/h4-7,11-14H,2-3,8-10,15-22H2,1H3,(H,29,30)(H,31,32). The van der Waals surface area contributed by atoms with Crippen LogP contribution in [-0.4, -0.2) is 73.3 Å². The van der Waals surface area contributed by atoms with E-state index in [2.05, 4.69) is 48.8 Å². The summed E-state index contributed by atoms with van der Waals surface area (Å²) in [6, 6.07) is 8.18. The Morgan fingerprint density at radius 1 is 0.944 bits per heavy atom. The van der Waals surface area contributed by atoms with Crippen molar-refractivity contribution >= 4 is 5.91 Å². The Hall–Kier alpha value is -2.97. The molecule has 8 heteroatoms. The van der Waals surface area contributed by atoms with Crippen molar-refractivity contribution in [2.45, 2.75) is 58.7 Å². The molecule has 2 fully saturated rings. The molecule has 2 aromatic heterocycles. The smallest absolute Gasteiger partial charge is 0.254 e. The number of nitrogens with zero attached hydrogens (tertiary/aromatic N) is 5. The first kappa shape index (κ1) is 24.7. The lowest BCUT2D eigenvalue weighted by atomic mass is 9.72. The number of benzene rings is 1. The fourth-order valence-electron chi connectivity index (χ4n) is 5.94. The molecule has 8 nitrogen and oxygen atoms in total. The Morgan fingerprint density at radius 3 is 2.19 bits per heavy atom. The number of amides is 1. The van der Waals surface area contributed by atoms with Crippen LogP contribution in [-0.2, 0) is 19.6 Å². The van der Waals surface area contributed by atoms with Crippen LogP contribution in [0.2, 0.25) is 0 Å². The summed E-state index contributed by atoms with van der Waals surface area (Å²) in [5, 5.41) is 0. The van der Waals surface area contributed by atoms with Gasteiger partial charge < -0.3 is 19.8 Å². The molecule has 192 valence electrons. The number of imidazole rings is 2. The molecule has 0 aliphatic carbocycles. The number of carbonyl (C=O) groups excluding carboxylic acids is 1. The Bertz CT molecular complexity index is 1030. The van der Waals surface area contributed by atoms with E-state index in [9.17, 15) is 4.79 Å². The zero-order valence-electron chi connectivity index (χ0n) is 21.5. The molecular formula is C28H39N7O. The van der Waals surface area contributed by atoms with Crippen LogP contribution in [0.25, 0.3) is 0 Å². The second-order valence-corrected chi connectivity index (χ2v) is 10.6. The molecule has 2 aliphatic heterocycles. The molecule has 0 radical (unpaired) electrons. The monoisotopic (exact) mass is 489 g/mol. The van der Waals surface area contributed by atoms with E-state index in [4.69, 9.17) is 0 Å². The summed E-state index contributed by atoms with van der Waals surface area (Å²) >= 11 is 0. The van der Waals surface area contributed by atoms with Gasteiger partial charge in [0, 0.05) is 43.4 Å². The van der Waals surface area contributed by atoms with E-state index in [1.807, 2.05) is 12.1 Å². The molecular weight excluding hydrogens is 450 g/mol. The number of aromatic nitrogens is 4. The highest BCUT2D eigenvalue weighted by molar-refractivity contribution is 5.94. The lowest BCUT2D eigenvalue weighted by Gasteiger charge is -2.48. The molecule has 2 N–H and O–H groups in total. The zero-order chi connectivity index (χ0) is 24.8. The minimum absolute atomic E-state index is 0.0230. The predicted molar refractivity (Wildman–Crippen MR) is 140 cm³/mol. The van der Waals surface area contributed by atoms with Crippen molar-refractivity contribution < 1.29 is 4.79 Å². The maximum atomic E-state index is 13.4. The average molecular weight is 490 g/mol. The predicted octanol–water partition coefficient (Wildman–Crippen LogP) is 4.06. The van der Waals surface area contributed by atoms with E-state index in [0.717, 1.165) is 18.2 Å². The van der Waals surface area contributed by atoms with Gasteiger partial charge in [0.05, 0.1) is 13.1 Å². The van der Waals surface area contributed by atoms with Crippen molar-refractivity contribution in [3.63, 3.8) is 0 Å². The van der Waals surface area contributed by atoms with Crippen molar-refractivity contribution in [2.75, 3.05) is 32.7 Å². The summed E-state index contributed by atoms with van der Waals surface area (Å²) in [5.41, 5.74) is 2.46. The van der Waals surface area contributed by atoms with Gasteiger partial charge in [0.2, 0.25) is 0 Å². The van der Waals surface area contributed by atoms with Crippen molar-refractivity contribution in [1.82, 2.24) is 34.6 Å². The van der Waals surface area contributed by atoms with Crippen LogP contribution < -0.4 is 0 Å². The minimum Gasteiger partial charge on any atom is -0.347 e. The van der Waals surface area contributed by atoms with Crippen molar-refractivity contribution in [3.05, 3.63) is 71.8 Å². The molecule has 3 aromatic rings. The van der Waals surface area contributed by atoms with Gasteiger partial charge in [-0.15, -0.1) is 0 Å². The van der Waals surface area contributed by atoms with Gasteiger partial charge in [0.25, 0.3) is 5.91 Å². The summed E-state index contributed by atoms with van der Waals surface area (Å²) in [7, 11) is 0. The highest BCUT2D eigenvalue weighted by Gasteiger charge is 2.38. The van der Waals surface area contributed by atoms with Crippen LogP contribution in [0, 0.1) is 5.41 Å². The number of H-pyrrole nitrogens is 2. The van der Waals surface area contributed by atoms with E-state index in [1.165, 1.54) is 70.4 Å². The largest absolute Gasteiger partial charge is 0.347 e. The third-order valence-corrected chi connectivity index (χ3v) is 7.88. The number of aromatic amines is 2. The van der Waals surface area contributed by atoms with Crippen LogP contribution in [0.5, 0.6) is 0 Å². The molecule has 0 saturated carbocycles. The number of nitrogens with one attached hydrogen (secondary N) is 2. The number of hydrogen-bond acceptors (Lipinski definition) is 5. The third kappa shape index (κ3) is 6.05. The molecule has 0 atom stereocenters. The molecule has 0 bridgehead atoms. The Morgan fingerprint density at radius 2 is 1.61 bits per heavy atom. The SMILES string of the molecule is CCCN1CCC2(CCCN(Cc3ccc(C(=O)N(Cc4ncc[nH]4)Cc4ncc[nH]4)cc3)C2)CC1. The molecule has 1 amide bonds. The van der Waals surface area contributed by atoms with Crippen LogP contribution in [0.3, 0.4) is 0 Å². The minimum atomic E-state index is -0.0230. The second-order valence-electron chi connectivity index (χ2n) is 10.6. The van der Waals surface area contributed by atoms with E-state index in [1.54, 1.807) is 29.7 Å². The summed E-state index contributed by atoms with van der Waals surface area (Å²) in [6.45, 7) is 10.2. The quantitative estimate of drug-likeness (QED) is 0.474. The number of likely N-dealkylation sites (tertiary alicyclic amines) is 2. The number of hydrogen-bond donors (Lipinski definition) is 2. The van der Waals surface area contributed by atoms with Crippen molar-refractivity contribution in [3.8, 4) is 0 Å². The number of piperidine rings is 2. The molecule has 5 rings (SSSR count). The second kappa shape index (κ2) is 11.4. The normalized spacial score (nSPS) is 18.5. The lowest BCUT2D eigenvalue weighted by molar-refractivity contribution is 0.0208. The highest BCUT2D eigenvalue weighted by atomic mass is 16.2. The summed E-state index contributed by atoms with van der Waals surface area (Å²) in [6.07, 6.45) is 13.5. The first-order valence-corrected chi connectivity index (χ1v) is 13.4.